The lowest BCUT2D eigenvalue weighted by atomic mass is 10.2. The van der Waals surface area contributed by atoms with E-state index in [9.17, 15) is 13.6 Å². The number of carbonyl (C=O) groups excluding carboxylic acids is 1. The first-order chi connectivity index (χ1) is 10.1. The minimum atomic E-state index is -0.686. The molecule has 0 fully saturated rings. The predicted molar refractivity (Wildman–Crippen MR) is 76.8 cm³/mol. The van der Waals surface area contributed by atoms with Gasteiger partial charge >= 0.3 is 0 Å². The molecule has 2 rings (SSSR count). The van der Waals surface area contributed by atoms with Crippen LogP contribution in [-0.2, 0) is 6.61 Å². The summed E-state index contributed by atoms with van der Waals surface area (Å²) in [5, 5.41) is 0. The number of hydrogen-bond donors (Lipinski definition) is 0. The number of ether oxygens (including phenoxy) is 2. The molecule has 0 aromatic heterocycles. The van der Waals surface area contributed by atoms with E-state index in [2.05, 4.69) is 15.9 Å². The highest BCUT2D eigenvalue weighted by Gasteiger charge is 2.14. The van der Waals surface area contributed by atoms with Crippen LogP contribution >= 0.6 is 15.9 Å². The standard InChI is InChI=1S/C15H11BrF2O3/c1-20-14-6-9(7-19)5-11(16)15(14)21-8-10-12(17)3-2-4-13(10)18/h2-7H,8H2,1H3. The van der Waals surface area contributed by atoms with Crippen molar-refractivity contribution in [2.75, 3.05) is 7.11 Å². The summed E-state index contributed by atoms with van der Waals surface area (Å²) in [6.45, 7) is -0.298. The van der Waals surface area contributed by atoms with Crippen molar-refractivity contribution < 1.29 is 23.0 Å². The second kappa shape index (κ2) is 6.67. The number of halogens is 3. The summed E-state index contributed by atoms with van der Waals surface area (Å²) in [6.07, 6.45) is 0.660. The van der Waals surface area contributed by atoms with Crippen molar-refractivity contribution in [2.24, 2.45) is 0 Å². The predicted octanol–water partition coefficient (Wildman–Crippen LogP) is 4.13. The third-order valence-electron chi connectivity index (χ3n) is 2.81. The maximum atomic E-state index is 13.5. The molecule has 110 valence electrons. The summed E-state index contributed by atoms with van der Waals surface area (Å²) >= 11 is 3.24. The molecule has 6 heteroatoms. The molecule has 0 aliphatic heterocycles. The summed E-state index contributed by atoms with van der Waals surface area (Å²) in [6, 6.07) is 6.60. The molecule has 2 aromatic carbocycles. The van der Waals surface area contributed by atoms with Gasteiger partial charge in [0.15, 0.2) is 11.5 Å². The van der Waals surface area contributed by atoms with Gasteiger partial charge in [0.2, 0.25) is 0 Å². The van der Waals surface area contributed by atoms with Crippen molar-refractivity contribution in [3.63, 3.8) is 0 Å². The monoisotopic (exact) mass is 356 g/mol. The van der Waals surface area contributed by atoms with Crippen molar-refractivity contribution in [3.05, 3.63) is 57.6 Å². The molecule has 0 radical (unpaired) electrons. The van der Waals surface area contributed by atoms with E-state index < -0.39 is 11.6 Å². The summed E-state index contributed by atoms with van der Waals surface area (Å²) < 4.78 is 38.1. The van der Waals surface area contributed by atoms with E-state index in [1.165, 1.54) is 25.3 Å². The molecule has 2 aromatic rings. The van der Waals surface area contributed by atoms with Gasteiger partial charge in [0, 0.05) is 5.56 Å². The van der Waals surface area contributed by atoms with Crippen LogP contribution in [0.15, 0.2) is 34.8 Å². The third kappa shape index (κ3) is 3.39. The van der Waals surface area contributed by atoms with Crippen LogP contribution in [0.3, 0.4) is 0 Å². The second-order valence-corrected chi connectivity index (χ2v) is 5.00. The quantitative estimate of drug-likeness (QED) is 0.755. The molecule has 0 saturated heterocycles. The lowest BCUT2D eigenvalue weighted by Crippen LogP contribution is -2.03. The van der Waals surface area contributed by atoms with Crippen LogP contribution in [0.25, 0.3) is 0 Å². The molecule has 0 bridgehead atoms. The van der Waals surface area contributed by atoms with E-state index in [1.807, 2.05) is 0 Å². The summed E-state index contributed by atoms with van der Waals surface area (Å²) in [5.41, 5.74) is 0.217. The fourth-order valence-corrected chi connectivity index (χ4v) is 2.34. The number of benzene rings is 2. The normalized spacial score (nSPS) is 10.3. The number of methoxy groups -OCH3 is 1. The number of hydrogen-bond acceptors (Lipinski definition) is 3. The Morgan fingerprint density at radius 2 is 1.90 bits per heavy atom. The Labute approximate surface area is 128 Å². The molecular formula is C15H11BrF2O3. The fraction of sp³-hybridized carbons (Fsp3) is 0.133. The van der Waals surface area contributed by atoms with E-state index in [1.54, 1.807) is 0 Å². The van der Waals surface area contributed by atoms with Crippen LogP contribution in [0.1, 0.15) is 15.9 Å². The van der Waals surface area contributed by atoms with Gasteiger partial charge in [-0.1, -0.05) is 6.07 Å². The Morgan fingerprint density at radius 3 is 2.48 bits per heavy atom. The van der Waals surface area contributed by atoms with Crippen molar-refractivity contribution in [3.8, 4) is 11.5 Å². The highest BCUT2D eigenvalue weighted by molar-refractivity contribution is 9.10. The molecular weight excluding hydrogens is 346 g/mol. The number of rotatable bonds is 5. The van der Waals surface area contributed by atoms with Crippen molar-refractivity contribution in [1.82, 2.24) is 0 Å². The summed E-state index contributed by atoms with van der Waals surface area (Å²) in [5.74, 6) is -0.807. The Bertz CT molecular complexity index is 654. The Balaban J connectivity index is 2.30. The Hall–Kier alpha value is -1.95. The third-order valence-corrected chi connectivity index (χ3v) is 3.40. The molecule has 0 spiro atoms. The van der Waals surface area contributed by atoms with Crippen LogP contribution in [-0.4, -0.2) is 13.4 Å². The van der Waals surface area contributed by atoms with Crippen molar-refractivity contribution >= 4 is 22.2 Å². The molecule has 0 aliphatic rings. The molecule has 0 unspecified atom stereocenters. The first kappa shape index (κ1) is 15.4. The lowest BCUT2D eigenvalue weighted by Gasteiger charge is -2.13. The van der Waals surface area contributed by atoms with Gasteiger partial charge in [0.05, 0.1) is 17.1 Å². The topological polar surface area (TPSA) is 35.5 Å². The lowest BCUT2D eigenvalue weighted by molar-refractivity contribution is 0.112. The SMILES string of the molecule is COc1cc(C=O)cc(Br)c1OCc1c(F)cccc1F. The van der Waals surface area contributed by atoms with E-state index in [0.717, 1.165) is 12.1 Å². The van der Waals surface area contributed by atoms with Gasteiger partial charge in [0.1, 0.15) is 24.5 Å². The Kier molecular flexibility index (Phi) is 4.90. The van der Waals surface area contributed by atoms with E-state index in [4.69, 9.17) is 9.47 Å². The molecule has 0 N–H and O–H groups in total. The first-order valence-electron chi connectivity index (χ1n) is 5.95. The second-order valence-electron chi connectivity index (χ2n) is 4.14. The smallest absolute Gasteiger partial charge is 0.175 e. The zero-order chi connectivity index (χ0) is 15.4. The van der Waals surface area contributed by atoms with Gasteiger partial charge in [0.25, 0.3) is 0 Å². The molecule has 0 heterocycles. The average Bonchev–Trinajstić information content (AvgIpc) is 2.47. The van der Waals surface area contributed by atoms with Crippen LogP contribution in [0.4, 0.5) is 8.78 Å². The number of carbonyl (C=O) groups is 1. The highest BCUT2D eigenvalue weighted by atomic mass is 79.9. The van der Waals surface area contributed by atoms with Crippen LogP contribution in [0.2, 0.25) is 0 Å². The molecule has 0 amide bonds. The van der Waals surface area contributed by atoms with Gasteiger partial charge in [-0.15, -0.1) is 0 Å². The fourth-order valence-electron chi connectivity index (χ4n) is 1.76. The number of aldehydes is 1. The molecule has 0 saturated carbocycles. The molecule has 0 atom stereocenters. The van der Waals surface area contributed by atoms with Crippen molar-refractivity contribution in [1.29, 1.82) is 0 Å². The first-order valence-corrected chi connectivity index (χ1v) is 6.74. The van der Waals surface area contributed by atoms with Gasteiger partial charge in [-0.3, -0.25) is 4.79 Å². The average molecular weight is 357 g/mol. The van der Waals surface area contributed by atoms with E-state index in [-0.39, 0.29) is 17.9 Å². The van der Waals surface area contributed by atoms with Gasteiger partial charge in [-0.2, -0.15) is 0 Å². The van der Waals surface area contributed by atoms with Crippen molar-refractivity contribution in [2.45, 2.75) is 6.61 Å². The molecule has 21 heavy (non-hydrogen) atoms. The minimum Gasteiger partial charge on any atom is -0.493 e. The maximum absolute atomic E-state index is 13.5. The maximum Gasteiger partial charge on any atom is 0.175 e. The van der Waals surface area contributed by atoms with Gasteiger partial charge in [-0.25, -0.2) is 8.78 Å². The Morgan fingerprint density at radius 1 is 1.24 bits per heavy atom. The largest absolute Gasteiger partial charge is 0.493 e. The van der Waals surface area contributed by atoms with E-state index >= 15 is 0 Å². The van der Waals surface area contributed by atoms with Gasteiger partial charge in [-0.05, 0) is 40.2 Å². The molecule has 0 aliphatic carbocycles. The van der Waals surface area contributed by atoms with Crippen LogP contribution < -0.4 is 9.47 Å². The zero-order valence-electron chi connectivity index (χ0n) is 11.0. The minimum absolute atomic E-state index is 0.175. The van der Waals surface area contributed by atoms with E-state index in [0.29, 0.717) is 22.1 Å². The highest BCUT2D eigenvalue weighted by Crippen LogP contribution is 2.37. The zero-order valence-corrected chi connectivity index (χ0v) is 12.6. The van der Waals surface area contributed by atoms with Gasteiger partial charge < -0.3 is 9.47 Å². The van der Waals surface area contributed by atoms with Crippen LogP contribution in [0, 0.1) is 11.6 Å². The summed E-state index contributed by atoms with van der Waals surface area (Å²) in [7, 11) is 1.41. The van der Waals surface area contributed by atoms with Crippen LogP contribution in [0.5, 0.6) is 11.5 Å². The summed E-state index contributed by atoms with van der Waals surface area (Å²) in [4.78, 5) is 10.8. The molecule has 3 nitrogen and oxygen atoms in total.